The van der Waals surface area contributed by atoms with E-state index in [2.05, 4.69) is 10.2 Å². The molecule has 1 fully saturated rings. The van der Waals surface area contributed by atoms with Gasteiger partial charge in [-0.1, -0.05) is 70.6 Å². The number of ether oxygens (including phenoxy) is 1. The van der Waals surface area contributed by atoms with Gasteiger partial charge in [-0.15, -0.1) is 10.2 Å². The summed E-state index contributed by atoms with van der Waals surface area (Å²) in [6.45, 7) is 1.93. The van der Waals surface area contributed by atoms with Crippen LogP contribution in [0.1, 0.15) is 35.2 Å². The molecule has 2 atom stereocenters. The molecule has 0 bridgehead atoms. The molecule has 4 aromatic rings. The Morgan fingerprint density at radius 2 is 1.95 bits per heavy atom. The van der Waals surface area contributed by atoms with Gasteiger partial charge in [0, 0.05) is 33.3 Å². The third-order valence-electron chi connectivity index (χ3n) is 6.78. The SMILES string of the molecule is C[C@H]1Cc2cc(/C(O)=C3\C(=O)C(=O)N(c4nnc(SCc5ccc(Cl)cc5Cl)s4)[C@@H]3c3ccccc3F)ccc2O1. The summed E-state index contributed by atoms with van der Waals surface area (Å²) >= 11 is 14.7. The third-order valence-corrected chi connectivity index (χ3v) is 9.47. The fourth-order valence-corrected chi connectivity index (χ4v) is 7.31. The monoisotopic (exact) mass is 627 g/mol. The molecule has 0 unspecified atom stereocenters. The van der Waals surface area contributed by atoms with Gasteiger partial charge in [0.25, 0.3) is 5.78 Å². The lowest BCUT2D eigenvalue weighted by molar-refractivity contribution is -0.132. The van der Waals surface area contributed by atoms with Crippen molar-refractivity contribution in [2.24, 2.45) is 0 Å². The number of nitrogens with zero attached hydrogens (tertiary/aromatic N) is 3. The van der Waals surface area contributed by atoms with Crippen LogP contribution < -0.4 is 9.64 Å². The van der Waals surface area contributed by atoms with Crippen LogP contribution in [0.2, 0.25) is 10.0 Å². The largest absolute Gasteiger partial charge is 0.507 e. The van der Waals surface area contributed by atoms with Crippen LogP contribution in [0.4, 0.5) is 9.52 Å². The first-order chi connectivity index (χ1) is 19.7. The van der Waals surface area contributed by atoms with Gasteiger partial charge >= 0.3 is 5.91 Å². The number of hydrogen-bond acceptors (Lipinski definition) is 8. The number of fused-ring (bicyclic) bond motifs is 1. The molecule has 1 N–H and O–H groups in total. The summed E-state index contributed by atoms with van der Waals surface area (Å²) in [5.41, 5.74) is 1.84. The third kappa shape index (κ3) is 5.21. The second-order valence-corrected chi connectivity index (χ2v) is 12.5. The maximum absolute atomic E-state index is 15.2. The van der Waals surface area contributed by atoms with Gasteiger partial charge in [-0.3, -0.25) is 14.5 Å². The number of aromatic nitrogens is 2. The van der Waals surface area contributed by atoms with Crippen molar-refractivity contribution < 1.29 is 23.8 Å². The fourth-order valence-electron chi connectivity index (χ4n) is 4.88. The normalized spacial score (nSPS) is 19.5. The van der Waals surface area contributed by atoms with Gasteiger partial charge in [0.2, 0.25) is 5.13 Å². The van der Waals surface area contributed by atoms with Crippen molar-refractivity contribution in [2.45, 2.75) is 35.6 Å². The molecule has 0 spiro atoms. The zero-order valence-electron chi connectivity index (χ0n) is 21.3. The average molecular weight is 629 g/mol. The Hall–Kier alpha value is -3.44. The molecule has 2 aliphatic heterocycles. The highest BCUT2D eigenvalue weighted by molar-refractivity contribution is 8.00. The van der Waals surface area contributed by atoms with Crippen molar-refractivity contribution in [3.05, 3.63) is 104 Å². The second kappa shape index (κ2) is 11.1. The number of carbonyl (C=O) groups is 2. The summed E-state index contributed by atoms with van der Waals surface area (Å²) in [7, 11) is 0. The Balaban J connectivity index is 1.39. The highest BCUT2D eigenvalue weighted by atomic mass is 35.5. The number of ketones is 1. The summed E-state index contributed by atoms with van der Waals surface area (Å²) in [6.07, 6.45) is 0.611. The van der Waals surface area contributed by atoms with Crippen molar-refractivity contribution in [2.75, 3.05) is 4.90 Å². The standard InChI is InChI=1S/C29H20Cl2FN3O4S2/c1-14-10-17-11-15(7-9-22(17)39-14)25(36)23-24(19-4-2-3-5-21(19)32)35(27(38)26(23)37)28-33-34-29(41-28)40-13-16-6-8-18(30)12-20(16)31/h2-9,11-12,14,24,36H,10,13H2,1H3/b25-23+/t14-,24+/m0/s1. The van der Waals surface area contributed by atoms with E-state index in [0.717, 1.165) is 27.4 Å². The molecule has 6 rings (SSSR count). The molecule has 12 heteroatoms. The number of hydrogen-bond donors (Lipinski definition) is 1. The zero-order valence-corrected chi connectivity index (χ0v) is 24.5. The van der Waals surface area contributed by atoms with E-state index in [9.17, 15) is 14.7 Å². The van der Waals surface area contributed by atoms with Crippen LogP contribution in [0.15, 0.2) is 70.6 Å². The molecule has 3 heterocycles. The molecule has 1 amide bonds. The maximum Gasteiger partial charge on any atom is 0.301 e. The summed E-state index contributed by atoms with van der Waals surface area (Å²) < 4.78 is 21.4. The molecule has 0 aliphatic carbocycles. The van der Waals surface area contributed by atoms with Crippen molar-refractivity contribution >= 4 is 68.9 Å². The number of amides is 1. The van der Waals surface area contributed by atoms with Crippen molar-refractivity contribution in [1.29, 1.82) is 0 Å². The highest BCUT2D eigenvalue weighted by Crippen LogP contribution is 2.45. The topological polar surface area (TPSA) is 92.6 Å². The number of rotatable bonds is 6. The molecular formula is C29H20Cl2FN3O4S2. The summed E-state index contributed by atoms with van der Waals surface area (Å²) in [5, 5.41) is 20.9. The minimum absolute atomic E-state index is 0.0217. The van der Waals surface area contributed by atoms with Gasteiger partial charge in [0.1, 0.15) is 29.5 Å². The van der Waals surface area contributed by atoms with Crippen LogP contribution in [0.3, 0.4) is 0 Å². The number of benzene rings is 3. The van der Waals surface area contributed by atoms with Gasteiger partial charge < -0.3 is 9.84 Å². The quantitative estimate of drug-likeness (QED) is 0.0792. The molecule has 208 valence electrons. The van der Waals surface area contributed by atoms with Crippen molar-refractivity contribution in [3.63, 3.8) is 0 Å². The minimum Gasteiger partial charge on any atom is -0.507 e. The second-order valence-electron chi connectivity index (χ2n) is 9.52. The number of Topliss-reactive ketones (excluding diaryl/α,β-unsaturated/α-hetero) is 1. The van der Waals surface area contributed by atoms with Crippen LogP contribution in [-0.2, 0) is 21.8 Å². The molecule has 1 aromatic heterocycles. The smallest absolute Gasteiger partial charge is 0.301 e. The Morgan fingerprint density at radius 1 is 1.15 bits per heavy atom. The number of carbonyl (C=O) groups excluding carboxylic acids is 2. The molecular weight excluding hydrogens is 608 g/mol. The number of anilines is 1. The van der Waals surface area contributed by atoms with Crippen LogP contribution in [-0.4, -0.2) is 33.1 Å². The molecule has 0 saturated carbocycles. The molecule has 0 radical (unpaired) electrons. The van der Waals surface area contributed by atoms with E-state index in [-0.39, 0.29) is 22.4 Å². The first-order valence-electron chi connectivity index (χ1n) is 12.5. The van der Waals surface area contributed by atoms with E-state index in [1.807, 2.05) is 13.0 Å². The lowest BCUT2D eigenvalue weighted by atomic mass is 9.94. The molecule has 3 aromatic carbocycles. The molecule has 1 saturated heterocycles. The summed E-state index contributed by atoms with van der Waals surface area (Å²) in [5.74, 6) is -1.77. The van der Waals surface area contributed by atoms with E-state index in [0.29, 0.717) is 37.9 Å². The average Bonchev–Trinajstić information content (AvgIpc) is 3.63. The van der Waals surface area contributed by atoms with Gasteiger partial charge in [-0.05, 0) is 54.4 Å². The number of halogens is 3. The zero-order chi connectivity index (χ0) is 28.8. The maximum atomic E-state index is 15.2. The molecule has 41 heavy (non-hydrogen) atoms. The van der Waals surface area contributed by atoms with Crippen LogP contribution >= 0.6 is 46.3 Å². The number of thioether (sulfide) groups is 1. The first-order valence-corrected chi connectivity index (χ1v) is 15.0. The van der Waals surface area contributed by atoms with E-state index in [4.69, 9.17) is 27.9 Å². The van der Waals surface area contributed by atoms with E-state index in [1.165, 1.54) is 30.0 Å². The minimum atomic E-state index is -1.25. The van der Waals surface area contributed by atoms with Gasteiger partial charge in [-0.2, -0.15) is 0 Å². The Morgan fingerprint density at radius 3 is 2.73 bits per heavy atom. The fraction of sp³-hybridized carbons (Fsp3) is 0.172. The van der Waals surface area contributed by atoms with E-state index >= 15 is 4.39 Å². The molecule has 7 nitrogen and oxygen atoms in total. The van der Waals surface area contributed by atoms with Crippen molar-refractivity contribution in [1.82, 2.24) is 10.2 Å². The molecule has 2 aliphatic rings. The summed E-state index contributed by atoms with van der Waals surface area (Å²) in [4.78, 5) is 28.0. The van der Waals surface area contributed by atoms with Crippen molar-refractivity contribution in [3.8, 4) is 5.75 Å². The Labute approximate surface area is 252 Å². The highest BCUT2D eigenvalue weighted by Gasteiger charge is 2.49. The lowest BCUT2D eigenvalue weighted by Gasteiger charge is -2.22. The van der Waals surface area contributed by atoms with Gasteiger partial charge in [0.15, 0.2) is 4.34 Å². The first kappa shape index (κ1) is 27.7. The lowest BCUT2D eigenvalue weighted by Crippen LogP contribution is -2.29. The van der Waals surface area contributed by atoms with E-state index < -0.39 is 29.3 Å². The Bertz CT molecular complexity index is 1740. The van der Waals surface area contributed by atoms with Crippen LogP contribution in [0.25, 0.3) is 5.76 Å². The number of aliphatic hydroxyl groups is 1. The predicted molar refractivity (Wildman–Crippen MR) is 157 cm³/mol. The Kier molecular flexibility index (Phi) is 7.50. The van der Waals surface area contributed by atoms with Crippen LogP contribution in [0, 0.1) is 5.82 Å². The van der Waals surface area contributed by atoms with Gasteiger partial charge in [-0.25, -0.2) is 4.39 Å². The van der Waals surface area contributed by atoms with E-state index in [1.54, 1.807) is 36.4 Å². The predicted octanol–water partition coefficient (Wildman–Crippen LogP) is 7.23. The number of aliphatic hydroxyl groups excluding tert-OH is 1. The van der Waals surface area contributed by atoms with Crippen LogP contribution in [0.5, 0.6) is 5.75 Å². The van der Waals surface area contributed by atoms with Gasteiger partial charge in [0.05, 0.1) is 5.57 Å². The summed E-state index contributed by atoms with van der Waals surface area (Å²) in [6, 6.07) is 14.8.